The topological polar surface area (TPSA) is 0 Å². The van der Waals surface area contributed by atoms with Gasteiger partial charge in [0.05, 0.1) is 0 Å². The highest BCUT2D eigenvalue weighted by Gasteiger charge is 2.19. The van der Waals surface area contributed by atoms with E-state index in [1.807, 2.05) is 0 Å². The minimum Gasteiger partial charge on any atom is -0.100 e. The zero-order valence-electron chi connectivity index (χ0n) is 15.8. The van der Waals surface area contributed by atoms with Crippen LogP contribution >= 0.6 is 0 Å². The summed E-state index contributed by atoms with van der Waals surface area (Å²) in [5.41, 5.74) is 10.1. The molecule has 0 saturated carbocycles. The normalized spacial score (nSPS) is 13.3. The van der Waals surface area contributed by atoms with Gasteiger partial charge in [0.1, 0.15) is 0 Å². The SMILES string of the molecule is C=C(C)CC[C@H](CC)/C(=C\CC)c1c(C)cc(C)c(C)c1C. The van der Waals surface area contributed by atoms with E-state index in [4.69, 9.17) is 0 Å². The molecule has 0 amide bonds. The first-order chi connectivity index (χ1) is 10.3. The lowest BCUT2D eigenvalue weighted by Gasteiger charge is -2.25. The highest BCUT2D eigenvalue weighted by atomic mass is 14.2. The molecule has 1 rings (SSSR count). The molecule has 0 aliphatic heterocycles. The van der Waals surface area contributed by atoms with Gasteiger partial charge in [-0.15, -0.1) is 6.58 Å². The van der Waals surface area contributed by atoms with E-state index in [1.54, 1.807) is 5.57 Å². The van der Waals surface area contributed by atoms with Crippen LogP contribution in [0.15, 0.2) is 24.3 Å². The molecule has 0 bridgehead atoms. The maximum Gasteiger partial charge on any atom is -0.0159 e. The Bertz CT molecular complexity index is 558. The largest absolute Gasteiger partial charge is 0.100 e. The van der Waals surface area contributed by atoms with Crippen molar-refractivity contribution >= 4 is 5.57 Å². The van der Waals surface area contributed by atoms with Gasteiger partial charge in [0.15, 0.2) is 0 Å². The van der Waals surface area contributed by atoms with Crippen molar-refractivity contribution in [1.82, 2.24) is 0 Å². The summed E-state index contributed by atoms with van der Waals surface area (Å²) in [6, 6.07) is 2.35. The molecule has 0 N–H and O–H groups in total. The molecule has 1 aromatic carbocycles. The fraction of sp³-hybridized carbons (Fsp3) is 0.545. The Kier molecular flexibility index (Phi) is 7.13. The van der Waals surface area contributed by atoms with Gasteiger partial charge in [0, 0.05) is 0 Å². The third-order valence-corrected chi connectivity index (χ3v) is 4.92. The Morgan fingerprint density at radius 1 is 1.09 bits per heavy atom. The second kappa shape index (κ2) is 8.36. The fourth-order valence-corrected chi connectivity index (χ4v) is 3.42. The smallest absolute Gasteiger partial charge is 0.0159 e. The lowest BCUT2D eigenvalue weighted by atomic mass is 9.80. The van der Waals surface area contributed by atoms with Crippen molar-refractivity contribution in [2.45, 2.75) is 74.1 Å². The fourth-order valence-electron chi connectivity index (χ4n) is 3.42. The molecule has 0 aromatic heterocycles. The van der Waals surface area contributed by atoms with Gasteiger partial charge in [-0.2, -0.15) is 0 Å². The number of aryl methyl sites for hydroxylation is 2. The minimum atomic E-state index is 0.635. The van der Waals surface area contributed by atoms with Crippen LogP contribution in [-0.4, -0.2) is 0 Å². The summed E-state index contributed by atoms with van der Waals surface area (Å²) in [6.07, 6.45) is 7.10. The molecule has 0 heterocycles. The van der Waals surface area contributed by atoms with Crippen molar-refractivity contribution in [2.75, 3.05) is 0 Å². The Hall–Kier alpha value is -1.30. The van der Waals surface area contributed by atoms with Crippen LogP contribution in [0.2, 0.25) is 0 Å². The summed E-state index contributed by atoms with van der Waals surface area (Å²) in [5.74, 6) is 0.635. The number of benzene rings is 1. The van der Waals surface area contributed by atoms with Gasteiger partial charge >= 0.3 is 0 Å². The molecule has 0 aliphatic rings. The predicted octanol–water partition coefficient (Wildman–Crippen LogP) is 7.10. The van der Waals surface area contributed by atoms with E-state index < -0.39 is 0 Å². The van der Waals surface area contributed by atoms with Crippen LogP contribution in [0.25, 0.3) is 5.57 Å². The molecular weight excluding hydrogens is 264 g/mol. The Morgan fingerprint density at radius 2 is 1.73 bits per heavy atom. The lowest BCUT2D eigenvalue weighted by Crippen LogP contribution is -2.08. The highest BCUT2D eigenvalue weighted by Crippen LogP contribution is 2.36. The van der Waals surface area contributed by atoms with E-state index >= 15 is 0 Å². The first kappa shape index (κ1) is 18.7. The molecule has 0 nitrogen and oxygen atoms in total. The molecule has 22 heavy (non-hydrogen) atoms. The molecule has 122 valence electrons. The number of rotatable bonds is 7. The predicted molar refractivity (Wildman–Crippen MR) is 101 cm³/mol. The Balaban J connectivity index is 3.35. The van der Waals surface area contributed by atoms with Crippen molar-refractivity contribution in [2.24, 2.45) is 5.92 Å². The monoisotopic (exact) mass is 298 g/mol. The molecule has 0 unspecified atom stereocenters. The summed E-state index contributed by atoms with van der Waals surface area (Å²) in [6.45, 7) is 19.8. The average molecular weight is 299 g/mol. The van der Waals surface area contributed by atoms with E-state index in [0.717, 1.165) is 12.8 Å². The van der Waals surface area contributed by atoms with E-state index in [2.05, 4.69) is 67.2 Å². The summed E-state index contributed by atoms with van der Waals surface area (Å²) in [5, 5.41) is 0. The van der Waals surface area contributed by atoms with Gasteiger partial charge < -0.3 is 0 Å². The standard InChI is InChI=1S/C22H34/c1-9-11-21(20(10-2)13-12-15(3)4)22-17(6)14-16(5)18(7)19(22)8/h11,14,20H,3,9-10,12-13H2,1-2,4-8H3/b21-11+/t20-/m0/s1. The number of hydrogen-bond donors (Lipinski definition) is 0. The third-order valence-electron chi connectivity index (χ3n) is 4.92. The van der Waals surface area contributed by atoms with Crippen LogP contribution in [0.3, 0.4) is 0 Å². The molecule has 0 fully saturated rings. The summed E-state index contributed by atoms with van der Waals surface area (Å²) < 4.78 is 0. The van der Waals surface area contributed by atoms with Gasteiger partial charge in [0.2, 0.25) is 0 Å². The zero-order valence-corrected chi connectivity index (χ0v) is 15.8. The molecular formula is C22H34. The maximum atomic E-state index is 4.08. The van der Waals surface area contributed by atoms with Gasteiger partial charge in [0.25, 0.3) is 0 Å². The molecule has 1 aromatic rings. The number of allylic oxidation sites excluding steroid dienone is 3. The van der Waals surface area contributed by atoms with Gasteiger partial charge in [-0.3, -0.25) is 0 Å². The number of hydrogen-bond acceptors (Lipinski definition) is 0. The van der Waals surface area contributed by atoms with Crippen molar-refractivity contribution in [3.8, 4) is 0 Å². The first-order valence-corrected chi connectivity index (χ1v) is 8.75. The first-order valence-electron chi connectivity index (χ1n) is 8.75. The second-order valence-corrected chi connectivity index (χ2v) is 6.80. The summed E-state index contributed by atoms with van der Waals surface area (Å²) in [7, 11) is 0. The zero-order chi connectivity index (χ0) is 16.9. The summed E-state index contributed by atoms with van der Waals surface area (Å²) in [4.78, 5) is 0. The quantitative estimate of drug-likeness (QED) is 0.471. The molecule has 1 atom stereocenters. The molecule has 0 saturated heterocycles. The molecule has 0 spiro atoms. The van der Waals surface area contributed by atoms with Gasteiger partial charge in [-0.05, 0) is 99.6 Å². The van der Waals surface area contributed by atoms with Gasteiger partial charge in [-0.25, -0.2) is 0 Å². The molecule has 0 aliphatic carbocycles. The Morgan fingerprint density at radius 3 is 2.23 bits per heavy atom. The van der Waals surface area contributed by atoms with Crippen LogP contribution in [0, 0.1) is 33.6 Å². The second-order valence-electron chi connectivity index (χ2n) is 6.80. The van der Waals surface area contributed by atoms with E-state index in [-0.39, 0.29) is 0 Å². The van der Waals surface area contributed by atoms with Crippen LogP contribution in [-0.2, 0) is 0 Å². The van der Waals surface area contributed by atoms with Crippen LogP contribution in [0.4, 0.5) is 0 Å². The lowest BCUT2D eigenvalue weighted by molar-refractivity contribution is 0.585. The third kappa shape index (κ3) is 4.35. The molecule has 0 heteroatoms. The maximum absolute atomic E-state index is 4.08. The Labute approximate surface area is 138 Å². The highest BCUT2D eigenvalue weighted by molar-refractivity contribution is 5.74. The van der Waals surface area contributed by atoms with Gasteiger partial charge in [-0.1, -0.05) is 31.6 Å². The minimum absolute atomic E-state index is 0.635. The van der Waals surface area contributed by atoms with E-state index in [1.165, 1.54) is 46.2 Å². The van der Waals surface area contributed by atoms with Crippen molar-refractivity contribution in [1.29, 1.82) is 0 Å². The van der Waals surface area contributed by atoms with Crippen LogP contribution < -0.4 is 0 Å². The van der Waals surface area contributed by atoms with Crippen molar-refractivity contribution in [3.63, 3.8) is 0 Å². The molecule has 0 radical (unpaired) electrons. The average Bonchev–Trinajstić information content (AvgIpc) is 2.45. The van der Waals surface area contributed by atoms with E-state index in [9.17, 15) is 0 Å². The van der Waals surface area contributed by atoms with Crippen LogP contribution in [0.1, 0.15) is 74.3 Å². The van der Waals surface area contributed by atoms with Crippen LogP contribution in [0.5, 0.6) is 0 Å². The summed E-state index contributed by atoms with van der Waals surface area (Å²) >= 11 is 0. The van der Waals surface area contributed by atoms with Crippen molar-refractivity contribution in [3.05, 3.63) is 52.1 Å². The van der Waals surface area contributed by atoms with Crippen molar-refractivity contribution < 1.29 is 0 Å². The van der Waals surface area contributed by atoms with E-state index in [0.29, 0.717) is 5.92 Å².